The van der Waals surface area contributed by atoms with Crippen molar-refractivity contribution >= 4 is 11.9 Å². The second kappa shape index (κ2) is 7.06. The highest BCUT2D eigenvalue weighted by Crippen LogP contribution is 2.66. The van der Waals surface area contributed by atoms with E-state index in [-0.39, 0.29) is 17.8 Å². The highest BCUT2D eigenvalue weighted by atomic mass is 16.6. The van der Waals surface area contributed by atoms with Gasteiger partial charge in [0.25, 0.3) is 0 Å². The smallest absolute Gasteiger partial charge is 0.338 e. The minimum absolute atomic E-state index is 0.0202. The number of fused-ring (bicyclic) bond motifs is 1. The Hall–Kier alpha value is -1.92. The zero-order valence-electron chi connectivity index (χ0n) is 18.4. The molecule has 1 aliphatic heterocycles. The third-order valence-electron chi connectivity index (χ3n) is 7.95. The summed E-state index contributed by atoms with van der Waals surface area (Å²) < 4.78 is 18.6. The standard InChI is InChI=1S/C24H32O6/c1-14-11-12-18(28-15(2)25)23(5)19(29-21(27)16-9-7-6-8-10-16)13-17-20(26)24(14,23)30-22(17,3)4/h6-10,14,17-20,26H,11-13H2,1-5H3/t14-,17-,18+,19+,20-,23+,24-/m1/s1. The van der Waals surface area contributed by atoms with Crippen LogP contribution >= 0.6 is 0 Å². The Balaban J connectivity index is 1.79. The fourth-order valence-corrected chi connectivity index (χ4v) is 6.44. The first-order chi connectivity index (χ1) is 14.0. The number of hydrogen-bond acceptors (Lipinski definition) is 6. The number of carbonyl (C=O) groups is 2. The summed E-state index contributed by atoms with van der Waals surface area (Å²) >= 11 is 0. The number of hydrogen-bond donors (Lipinski definition) is 1. The molecule has 1 aromatic rings. The van der Waals surface area contributed by atoms with Gasteiger partial charge < -0.3 is 19.3 Å². The van der Waals surface area contributed by atoms with Crippen LogP contribution in [0.1, 0.15) is 64.2 Å². The molecule has 2 aliphatic carbocycles. The van der Waals surface area contributed by atoms with E-state index < -0.39 is 40.9 Å². The van der Waals surface area contributed by atoms with Crippen LogP contribution in [0.5, 0.6) is 0 Å². The molecular formula is C24H32O6. The number of ether oxygens (including phenoxy) is 3. The lowest BCUT2D eigenvalue weighted by Gasteiger charge is -2.61. The van der Waals surface area contributed by atoms with Gasteiger partial charge in [-0.05, 0) is 58.1 Å². The van der Waals surface area contributed by atoms with Gasteiger partial charge in [-0.1, -0.05) is 25.1 Å². The zero-order valence-corrected chi connectivity index (χ0v) is 18.4. The first-order valence-corrected chi connectivity index (χ1v) is 10.9. The van der Waals surface area contributed by atoms with Crippen LogP contribution < -0.4 is 0 Å². The quantitative estimate of drug-likeness (QED) is 0.760. The summed E-state index contributed by atoms with van der Waals surface area (Å²) in [6.45, 7) is 9.39. The summed E-state index contributed by atoms with van der Waals surface area (Å²) in [4.78, 5) is 24.9. The van der Waals surface area contributed by atoms with E-state index >= 15 is 0 Å². The Bertz CT molecular complexity index is 835. The number of aliphatic hydroxyl groups excluding tert-OH is 1. The van der Waals surface area contributed by atoms with Gasteiger partial charge in [-0.15, -0.1) is 0 Å². The molecule has 7 atom stereocenters. The van der Waals surface area contributed by atoms with E-state index in [4.69, 9.17) is 14.2 Å². The van der Waals surface area contributed by atoms with E-state index in [9.17, 15) is 14.7 Å². The van der Waals surface area contributed by atoms with E-state index in [0.29, 0.717) is 18.4 Å². The third-order valence-corrected chi connectivity index (χ3v) is 7.95. The van der Waals surface area contributed by atoms with Crippen molar-refractivity contribution in [1.82, 2.24) is 0 Å². The Morgan fingerprint density at radius 3 is 2.37 bits per heavy atom. The number of benzene rings is 1. The highest BCUT2D eigenvalue weighted by molar-refractivity contribution is 5.89. The molecule has 0 unspecified atom stereocenters. The van der Waals surface area contributed by atoms with Gasteiger partial charge in [0.15, 0.2) is 0 Å². The number of carbonyl (C=O) groups excluding carboxylic acids is 2. The van der Waals surface area contributed by atoms with Gasteiger partial charge in [-0.25, -0.2) is 4.79 Å². The summed E-state index contributed by atoms with van der Waals surface area (Å²) in [6.07, 6.45) is 0.0659. The first-order valence-electron chi connectivity index (χ1n) is 10.9. The predicted octanol–water partition coefficient (Wildman–Crippen LogP) is 3.51. The molecule has 30 heavy (non-hydrogen) atoms. The molecule has 0 radical (unpaired) electrons. The first kappa shape index (κ1) is 21.3. The SMILES string of the molecule is CC(=O)O[C@H]1CC[C@@H](C)[C@]23OC(C)(C)[C@H](C[C@H](OC(=O)c4ccccc4)[C@]12C)[C@H]3O. The van der Waals surface area contributed by atoms with Crippen LogP contribution in [0.3, 0.4) is 0 Å². The van der Waals surface area contributed by atoms with Gasteiger partial charge in [0.2, 0.25) is 0 Å². The Morgan fingerprint density at radius 2 is 1.73 bits per heavy atom. The van der Waals surface area contributed by atoms with E-state index in [1.165, 1.54) is 6.92 Å². The minimum atomic E-state index is -0.959. The Morgan fingerprint density at radius 1 is 1.07 bits per heavy atom. The highest BCUT2D eigenvalue weighted by Gasteiger charge is 2.77. The summed E-state index contributed by atoms with van der Waals surface area (Å²) in [5.74, 6) is -0.956. The van der Waals surface area contributed by atoms with E-state index in [1.807, 2.05) is 26.8 Å². The lowest BCUT2D eigenvalue weighted by molar-refractivity contribution is -0.283. The van der Waals surface area contributed by atoms with Crippen LogP contribution in [0.2, 0.25) is 0 Å². The molecule has 2 saturated carbocycles. The molecule has 0 amide bonds. The molecule has 1 aromatic carbocycles. The lowest BCUT2D eigenvalue weighted by atomic mass is 9.49. The second-order valence-electron chi connectivity index (χ2n) is 9.90. The number of esters is 2. The minimum Gasteiger partial charge on any atom is -0.462 e. The van der Waals surface area contributed by atoms with Gasteiger partial charge >= 0.3 is 11.9 Å². The van der Waals surface area contributed by atoms with Crippen LogP contribution in [0.4, 0.5) is 0 Å². The van der Waals surface area contributed by atoms with Crippen LogP contribution in [0.15, 0.2) is 30.3 Å². The third kappa shape index (κ3) is 2.83. The summed E-state index contributed by atoms with van der Waals surface area (Å²) in [7, 11) is 0. The fraction of sp³-hybridized carbons (Fsp3) is 0.667. The fourth-order valence-electron chi connectivity index (χ4n) is 6.44. The van der Waals surface area contributed by atoms with Gasteiger partial charge in [-0.3, -0.25) is 4.79 Å². The maximum absolute atomic E-state index is 13.0. The van der Waals surface area contributed by atoms with Crippen LogP contribution in [-0.4, -0.2) is 46.6 Å². The topological polar surface area (TPSA) is 82.1 Å². The summed E-state index contributed by atoms with van der Waals surface area (Å²) in [5.41, 5.74) is -1.94. The Kier molecular flexibility index (Phi) is 5.02. The molecule has 2 bridgehead atoms. The molecular weight excluding hydrogens is 384 g/mol. The molecule has 3 aliphatic rings. The van der Waals surface area contributed by atoms with E-state index in [2.05, 4.69) is 6.92 Å². The van der Waals surface area contributed by atoms with Crippen LogP contribution in [-0.2, 0) is 19.0 Å². The molecule has 1 saturated heterocycles. The van der Waals surface area contributed by atoms with Crippen molar-refractivity contribution in [3.05, 3.63) is 35.9 Å². The Labute approximate surface area is 177 Å². The van der Waals surface area contributed by atoms with Crippen molar-refractivity contribution in [3.63, 3.8) is 0 Å². The summed E-state index contributed by atoms with van der Waals surface area (Å²) in [6, 6.07) is 8.88. The van der Waals surface area contributed by atoms with Crippen molar-refractivity contribution in [2.24, 2.45) is 17.3 Å². The van der Waals surface area contributed by atoms with E-state index in [1.54, 1.807) is 24.3 Å². The molecule has 164 valence electrons. The van der Waals surface area contributed by atoms with Gasteiger partial charge in [0, 0.05) is 12.8 Å². The molecule has 6 nitrogen and oxygen atoms in total. The van der Waals surface area contributed by atoms with E-state index in [0.717, 1.165) is 6.42 Å². The molecule has 1 heterocycles. The van der Waals surface area contributed by atoms with Crippen LogP contribution in [0, 0.1) is 17.3 Å². The number of rotatable bonds is 3. The van der Waals surface area contributed by atoms with Gasteiger partial charge in [0.1, 0.15) is 17.8 Å². The molecule has 6 heteroatoms. The van der Waals surface area contributed by atoms with Crippen molar-refractivity contribution in [2.45, 2.75) is 83.4 Å². The monoisotopic (exact) mass is 416 g/mol. The molecule has 4 rings (SSSR count). The average Bonchev–Trinajstić information content (AvgIpc) is 2.84. The van der Waals surface area contributed by atoms with Crippen molar-refractivity contribution in [3.8, 4) is 0 Å². The lowest BCUT2D eigenvalue weighted by Crippen LogP contribution is -2.72. The molecule has 1 N–H and O–H groups in total. The predicted molar refractivity (Wildman–Crippen MR) is 110 cm³/mol. The normalized spacial score (nSPS) is 41.6. The maximum Gasteiger partial charge on any atom is 0.338 e. The van der Waals surface area contributed by atoms with Gasteiger partial charge in [-0.2, -0.15) is 0 Å². The largest absolute Gasteiger partial charge is 0.462 e. The second-order valence-corrected chi connectivity index (χ2v) is 9.90. The zero-order chi connectivity index (χ0) is 21.9. The van der Waals surface area contributed by atoms with Crippen LogP contribution in [0.25, 0.3) is 0 Å². The van der Waals surface area contributed by atoms with Crippen molar-refractivity contribution in [2.75, 3.05) is 0 Å². The average molecular weight is 417 g/mol. The maximum atomic E-state index is 13.0. The number of aliphatic hydroxyl groups is 1. The molecule has 1 spiro atoms. The van der Waals surface area contributed by atoms with Crippen molar-refractivity contribution in [1.29, 1.82) is 0 Å². The molecule has 0 aromatic heterocycles. The van der Waals surface area contributed by atoms with Gasteiger partial charge in [0.05, 0.1) is 22.7 Å². The molecule has 3 fully saturated rings. The summed E-state index contributed by atoms with van der Waals surface area (Å²) in [5, 5.41) is 11.5. The van der Waals surface area contributed by atoms with Crippen molar-refractivity contribution < 1.29 is 28.9 Å².